The average Bonchev–Trinajstić information content (AvgIpc) is 2.53. The van der Waals surface area contributed by atoms with Crippen LogP contribution in [0.1, 0.15) is 37.7 Å². The minimum atomic E-state index is -0.787. The zero-order valence-corrected chi connectivity index (χ0v) is 13.5. The van der Waals surface area contributed by atoms with Crippen LogP contribution in [0.4, 0.5) is 0 Å². The van der Waals surface area contributed by atoms with E-state index in [-0.39, 0.29) is 17.9 Å². The van der Waals surface area contributed by atoms with Gasteiger partial charge in [0.2, 0.25) is 5.91 Å². The van der Waals surface area contributed by atoms with Crippen molar-refractivity contribution in [2.45, 2.75) is 43.0 Å². The van der Waals surface area contributed by atoms with Crippen molar-refractivity contribution in [3.05, 3.63) is 29.8 Å². The number of nitrogens with zero attached hydrogens (tertiary/aromatic N) is 1. The van der Waals surface area contributed by atoms with Crippen LogP contribution < -0.4 is 0 Å². The third-order valence-electron chi connectivity index (χ3n) is 4.84. The first-order chi connectivity index (χ1) is 10.6. The molecule has 0 bridgehead atoms. The van der Waals surface area contributed by atoms with Crippen LogP contribution in [0.5, 0.6) is 0 Å². The minimum absolute atomic E-state index is 0.103. The summed E-state index contributed by atoms with van der Waals surface area (Å²) >= 11 is 1.80. The van der Waals surface area contributed by atoms with Gasteiger partial charge in [0, 0.05) is 17.5 Å². The van der Waals surface area contributed by atoms with Gasteiger partial charge in [0.15, 0.2) is 0 Å². The highest BCUT2D eigenvalue weighted by molar-refractivity contribution is 7.99. The van der Waals surface area contributed by atoms with Gasteiger partial charge >= 0.3 is 5.97 Å². The molecule has 0 spiro atoms. The molecule has 0 radical (unpaired) electrons. The van der Waals surface area contributed by atoms with Crippen molar-refractivity contribution >= 4 is 23.6 Å². The van der Waals surface area contributed by atoms with Gasteiger partial charge in [-0.2, -0.15) is 0 Å². The van der Waals surface area contributed by atoms with E-state index in [0.717, 1.165) is 24.2 Å². The van der Waals surface area contributed by atoms with Crippen LogP contribution in [0.3, 0.4) is 0 Å². The molecule has 1 N–H and O–H groups in total. The van der Waals surface area contributed by atoms with Crippen LogP contribution in [0.25, 0.3) is 0 Å². The molecule has 2 aliphatic heterocycles. The Morgan fingerprint density at radius 1 is 1.27 bits per heavy atom. The van der Waals surface area contributed by atoms with E-state index in [1.807, 2.05) is 25.1 Å². The number of likely N-dealkylation sites (tertiary alicyclic amines) is 1. The molecule has 0 saturated carbocycles. The molecule has 1 aromatic rings. The van der Waals surface area contributed by atoms with Gasteiger partial charge in [-0.1, -0.05) is 18.2 Å². The fourth-order valence-electron chi connectivity index (χ4n) is 3.58. The van der Waals surface area contributed by atoms with E-state index >= 15 is 0 Å². The topological polar surface area (TPSA) is 57.6 Å². The highest BCUT2D eigenvalue weighted by atomic mass is 32.2. The Labute approximate surface area is 134 Å². The number of carbonyl (C=O) groups is 2. The third-order valence-corrected chi connectivity index (χ3v) is 5.97. The van der Waals surface area contributed by atoms with Crippen LogP contribution in [0, 0.1) is 5.92 Å². The van der Waals surface area contributed by atoms with Crippen LogP contribution in [0.15, 0.2) is 29.2 Å². The van der Waals surface area contributed by atoms with Gasteiger partial charge in [0.1, 0.15) is 0 Å². The van der Waals surface area contributed by atoms with Gasteiger partial charge in [-0.3, -0.25) is 9.59 Å². The summed E-state index contributed by atoms with van der Waals surface area (Å²) in [6.07, 6.45) is 2.27. The van der Waals surface area contributed by atoms with Crippen molar-refractivity contribution < 1.29 is 14.7 Å². The van der Waals surface area contributed by atoms with E-state index in [1.54, 1.807) is 16.7 Å². The largest absolute Gasteiger partial charge is 0.481 e. The molecule has 1 fully saturated rings. The number of benzene rings is 1. The van der Waals surface area contributed by atoms with Gasteiger partial charge in [-0.15, -0.1) is 11.8 Å². The average molecular weight is 319 g/mol. The summed E-state index contributed by atoms with van der Waals surface area (Å²) in [5.74, 6) is -0.299. The highest BCUT2D eigenvalue weighted by Crippen LogP contribution is 2.39. The molecule has 3 rings (SSSR count). The summed E-state index contributed by atoms with van der Waals surface area (Å²) in [4.78, 5) is 27.4. The molecular weight excluding hydrogens is 298 g/mol. The van der Waals surface area contributed by atoms with Gasteiger partial charge in [0.05, 0.1) is 11.8 Å². The van der Waals surface area contributed by atoms with Crippen molar-refractivity contribution in [2.75, 3.05) is 12.3 Å². The van der Waals surface area contributed by atoms with Crippen LogP contribution in [-0.2, 0) is 9.59 Å². The number of hydrogen-bond acceptors (Lipinski definition) is 3. The molecule has 1 amide bonds. The molecule has 1 aromatic carbocycles. The van der Waals surface area contributed by atoms with E-state index in [9.17, 15) is 14.7 Å². The summed E-state index contributed by atoms with van der Waals surface area (Å²) in [5, 5.41) is 9.34. The second kappa shape index (κ2) is 6.32. The number of amides is 1. The first-order valence-electron chi connectivity index (χ1n) is 7.84. The third kappa shape index (κ3) is 2.74. The fourth-order valence-corrected chi connectivity index (χ4v) is 4.71. The second-order valence-electron chi connectivity index (χ2n) is 6.09. The molecule has 1 saturated heterocycles. The lowest BCUT2D eigenvalue weighted by molar-refractivity contribution is -0.149. The fraction of sp³-hybridized carbons (Fsp3) is 0.529. The van der Waals surface area contributed by atoms with Crippen molar-refractivity contribution in [1.29, 1.82) is 0 Å². The maximum absolute atomic E-state index is 13.0. The van der Waals surface area contributed by atoms with Gasteiger partial charge < -0.3 is 10.0 Å². The molecule has 3 atom stereocenters. The lowest BCUT2D eigenvalue weighted by Crippen LogP contribution is -2.50. The Morgan fingerprint density at radius 3 is 2.82 bits per heavy atom. The number of fused-ring (bicyclic) bond motifs is 1. The van der Waals surface area contributed by atoms with Crippen molar-refractivity contribution in [1.82, 2.24) is 4.90 Å². The smallest absolute Gasteiger partial charge is 0.308 e. The summed E-state index contributed by atoms with van der Waals surface area (Å²) in [6.45, 7) is 2.55. The Balaban J connectivity index is 1.84. The van der Waals surface area contributed by atoms with E-state index in [2.05, 4.69) is 6.07 Å². The van der Waals surface area contributed by atoms with Crippen molar-refractivity contribution in [3.63, 3.8) is 0 Å². The first-order valence-corrected chi connectivity index (χ1v) is 8.83. The number of thioether (sulfide) groups is 1. The van der Waals surface area contributed by atoms with Gasteiger partial charge in [0.25, 0.3) is 0 Å². The second-order valence-corrected chi connectivity index (χ2v) is 7.22. The molecule has 0 aliphatic carbocycles. The Kier molecular flexibility index (Phi) is 4.43. The molecule has 0 aromatic heterocycles. The van der Waals surface area contributed by atoms with E-state index in [1.165, 1.54) is 4.90 Å². The summed E-state index contributed by atoms with van der Waals surface area (Å²) in [7, 11) is 0. The molecule has 1 unspecified atom stereocenters. The summed E-state index contributed by atoms with van der Waals surface area (Å²) < 4.78 is 0. The molecule has 5 heteroatoms. The SMILES string of the molecule is C[C@@H]1[C@H](C(=O)O)CCCN1C(=O)C1CCSc2ccccc21. The molecule has 4 nitrogen and oxygen atoms in total. The standard InChI is InChI=1S/C17H21NO3S/c1-11-12(17(20)21)6-4-9-18(11)16(19)14-8-10-22-15-7-3-2-5-13(14)15/h2-3,5,7,11-12,14H,4,6,8-10H2,1H3,(H,20,21)/t11-,12-,14?/m1/s1. The number of carboxylic acids is 1. The predicted octanol–water partition coefficient (Wildman–Crippen LogP) is 2.98. The summed E-state index contributed by atoms with van der Waals surface area (Å²) in [5.41, 5.74) is 1.10. The number of aliphatic carboxylic acids is 1. The Hall–Kier alpha value is -1.49. The first kappa shape index (κ1) is 15.4. The molecular formula is C17H21NO3S. The van der Waals surface area contributed by atoms with Crippen LogP contribution in [0.2, 0.25) is 0 Å². The summed E-state index contributed by atoms with van der Waals surface area (Å²) in [6, 6.07) is 7.86. The lowest BCUT2D eigenvalue weighted by Gasteiger charge is -2.40. The van der Waals surface area contributed by atoms with Crippen LogP contribution in [-0.4, -0.2) is 40.2 Å². The van der Waals surface area contributed by atoms with E-state index in [0.29, 0.717) is 13.0 Å². The quantitative estimate of drug-likeness (QED) is 0.910. The maximum Gasteiger partial charge on any atom is 0.308 e. The molecule has 2 heterocycles. The molecule has 118 valence electrons. The Bertz CT molecular complexity index is 589. The lowest BCUT2D eigenvalue weighted by atomic mass is 9.87. The normalized spacial score (nSPS) is 28.0. The predicted molar refractivity (Wildman–Crippen MR) is 86.1 cm³/mol. The number of carbonyl (C=O) groups excluding carboxylic acids is 1. The van der Waals surface area contributed by atoms with Crippen molar-refractivity contribution in [3.8, 4) is 0 Å². The zero-order valence-electron chi connectivity index (χ0n) is 12.7. The number of hydrogen-bond donors (Lipinski definition) is 1. The minimum Gasteiger partial charge on any atom is -0.481 e. The zero-order chi connectivity index (χ0) is 15.7. The van der Waals surface area contributed by atoms with Gasteiger partial charge in [-0.05, 0) is 43.6 Å². The van der Waals surface area contributed by atoms with E-state index in [4.69, 9.17) is 0 Å². The number of rotatable bonds is 2. The van der Waals surface area contributed by atoms with E-state index < -0.39 is 11.9 Å². The maximum atomic E-state index is 13.0. The molecule has 2 aliphatic rings. The highest BCUT2D eigenvalue weighted by Gasteiger charge is 2.39. The monoisotopic (exact) mass is 319 g/mol. The Morgan fingerprint density at radius 2 is 2.05 bits per heavy atom. The van der Waals surface area contributed by atoms with Gasteiger partial charge in [-0.25, -0.2) is 0 Å². The van der Waals surface area contributed by atoms with Crippen molar-refractivity contribution in [2.24, 2.45) is 5.92 Å². The number of piperidine rings is 1. The molecule has 22 heavy (non-hydrogen) atoms. The number of carboxylic acid groups (broad SMARTS) is 1. The van der Waals surface area contributed by atoms with Crippen LogP contribution >= 0.6 is 11.8 Å².